The van der Waals surface area contributed by atoms with Crippen molar-refractivity contribution in [2.24, 2.45) is 0 Å². The molecule has 0 bridgehead atoms. The average Bonchev–Trinajstić information content (AvgIpc) is 3.16. The Morgan fingerprint density at radius 2 is 1.76 bits per heavy atom. The summed E-state index contributed by atoms with van der Waals surface area (Å²) in [6.45, 7) is 4.25. The Balaban J connectivity index is 1.46. The number of rotatable bonds is 6. The van der Waals surface area contributed by atoms with Crippen molar-refractivity contribution in [3.8, 4) is 11.4 Å². The molecule has 0 unspecified atom stereocenters. The number of fused-ring (bicyclic) bond motifs is 1. The summed E-state index contributed by atoms with van der Waals surface area (Å²) >= 11 is 0. The summed E-state index contributed by atoms with van der Waals surface area (Å²) in [6.07, 6.45) is 3.44. The van der Waals surface area contributed by atoms with Crippen LogP contribution >= 0.6 is 0 Å². The van der Waals surface area contributed by atoms with Crippen LogP contribution in [0.5, 0.6) is 0 Å². The number of unbranched alkanes of at least 4 members (excludes halogenated alkanes) is 1. The zero-order chi connectivity index (χ0) is 20.2. The van der Waals surface area contributed by atoms with Gasteiger partial charge < -0.3 is 10.3 Å². The molecule has 1 heterocycles. The fourth-order valence-electron chi connectivity index (χ4n) is 3.38. The van der Waals surface area contributed by atoms with Crippen molar-refractivity contribution in [1.29, 1.82) is 0 Å². The van der Waals surface area contributed by atoms with Gasteiger partial charge in [0.05, 0.1) is 11.0 Å². The van der Waals surface area contributed by atoms with Crippen molar-refractivity contribution in [3.63, 3.8) is 0 Å². The van der Waals surface area contributed by atoms with Crippen LogP contribution in [-0.2, 0) is 6.42 Å². The first kappa shape index (κ1) is 18.9. The second-order valence-corrected chi connectivity index (χ2v) is 7.44. The second-order valence-electron chi connectivity index (χ2n) is 7.44. The molecule has 0 aliphatic carbocycles. The van der Waals surface area contributed by atoms with Crippen LogP contribution in [0.3, 0.4) is 0 Å². The molecule has 4 aromatic rings. The summed E-state index contributed by atoms with van der Waals surface area (Å²) in [6, 6.07) is 21.8. The smallest absolute Gasteiger partial charge is 0.255 e. The van der Waals surface area contributed by atoms with Crippen LogP contribution in [0.4, 0.5) is 5.69 Å². The number of aromatic amines is 1. The Bertz CT molecular complexity index is 1130. The summed E-state index contributed by atoms with van der Waals surface area (Å²) in [4.78, 5) is 20.6. The molecule has 2 N–H and O–H groups in total. The zero-order valence-corrected chi connectivity index (χ0v) is 16.8. The number of imidazole rings is 1. The lowest BCUT2D eigenvalue weighted by molar-refractivity contribution is 0.102. The van der Waals surface area contributed by atoms with E-state index >= 15 is 0 Å². The molecule has 0 saturated heterocycles. The maximum Gasteiger partial charge on any atom is 0.255 e. The predicted octanol–water partition coefficient (Wildman–Crippen LogP) is 6.13. The van der Waals surface area contributed by atoms with Gasteiger partial charge in [0.1, 0.15) is 5.82 Å². The minimum absolute atomic E-state index is 0.113. The Hall–Kier alpha value is -3.40. The number of H-pyrrole nitrogens is 1. The Morgan fingerprint density at radius 1 is 1.00 bits per heavy atom. The van der Waals surface area contributed by atoms with Crippen LogP contribution in [0.15, 0.2) is 66.7 Å². The number of carbonyl (C=O) groups is 1. The number of anilines is 1. The minimum Gasteiger partial charge on any atom is -0.338 e. The van der Waals surface area contributed by atoms with Gasteiger partial charge in [-0.2, -0.15) is 0 Å². The number of aromatic nitrogens is 2. The number of benzene rings is 3. The van der Waals surface area contributed by atoms with Gasteiger partial charge in [0.15, 0.2) is 0 Å². The van der Waals surface area contributed by atoms with Gasteiger partial charge in [-0.25, -0.2) is 4.98 Å². The first-order chi connectivity index (χ1) is 14.1. The van der Waals surface area contributed by atoms with E-state index in [0.717, 1.165) is 34.5 Å². The molecule has 0 spiro atoms. The lowest BCUT2D eigenvalue weighted by Crippen LogP contribution is -2.11. The van der Waals surface area contributed by atoms with Crippen LogP contribution in [0.2, 0.25) is 0 Å². The van der Waals surface area contributed by atoms with E-state index in [1.807, 2.05) is 42.5 Å². The number of hydrogen-bond donors (Lipinski definition) is 2. The average molecular weight is 383 g/mol. The summed E-state index contributed by atoms with van der Waals surface area (Å²) in [5.41, 5.74) is 6.84. The molecule has 0 fully saturated rings. The van der Waals surface area contributed by atoms with Crippen LogP contribution in [0.1, 0.15) is 41.3 Å². The highest BCUT2D eigenvalue weighted by Crippen LogP contribution is 2.22. The van der Waals surface area contributed by atoms with Gasteiger partial charge >= 0.3 is 0 Å². The fourth-order valence-corrected chi connectivity index (χ4v) is 3.38. The molecule has 0 aliphatic rings. The summed E-state index contributed by atoms with van der Waals surface area (Å²) in [7, 11) is 0. The first-order valence-electron chi connectivity index (χ1n) is 10.1. The van der Waals surface area contributed by atoms with Gasteiger partial charge in [0, 0.05) is 16.8 Å². The normalized spacial score (nSPS) is 11.0. The number of carbonyl (C=O) groups excluding carboxylic acids is 1. The topological polar surface area (TPSA) is 57.8 Å². The third kappa shape index (κ3) is 4.37. The summed E-state index contributed by atoms with van der Waals surface area (Å²) in [5, 5.41) is 2.97. The molecule has 0 aliphatic heterocycles. The second kappa shape index (κ2) is 8.31. The van der Waals surface area contributed by atoms with Crippen molar-refractivity contribution in [1.82, 2.24) is 9.97 Å². The Morgan fingerprint density at radius 3 is 2.48 bits per heavy atom. The molecule has 1 amide bonds. The molecule has 4 heteroatoms. The van der Waals surface area contributed by atoms with Gasteiger partial charge in [-0.15, -0.1) is 0 Å². The molecule has 4 nitrogen and oxygen atoms in total. The molecule has 29 heavy (non-hydrogen) atoms. The first-order valence-corrected chi connectivity index (χ1v) is 10.1. The maximum absolute atomic E-state index is 12.6. The van der Waals surface area contributed by atoms with E-state index in [1.165, 1.54) is 24.0 Å². The highest BCUT2D eigenvalue weighted by Gasteiger charge is 2.09. The predicted molar refractivity (Wildman–Crippen MR) is 119 cm³/mol. The number of nitrogens with zero attached hydrogens (tertiary/aromatic N) is 1. The van der Waals surface area contributed by atoms with E-state index in [9.17, 15) is 4.79 Å². The number of nitrogens with one attached hydrogen (secondary N) is 2. The zero-order valence-electron chi connectivity index (χ0n) is 16.8. The largest absolute Gasteiger partial charge is 0.338 e. The highest BCUT2D eigenvalue weighted by molar-refractivity contribution is 6.04. The quantitative estimate of drug-likeness (QED) is 0.420. The Labute approximate surface area is 171 Å². The van der Waals surface area contributed by atoms with Gasteiger partial charge in [-0.1, -0.05) is 43.7 Å². The van der Waals surface area contributed by atoms with E-state index in [0.29, 0.717) is 5.56 Å². The van der Waals surface area contributed by atoms with Crippen molar-refractivity contribution < 1.29 is 4.79 Å². The third-order valence-electron chi connectivity index (χ3n) is 5.09. The van der Waals surface area contributed by atoms with E-state index in [2.05, 4.69) is 53.4 Å². The Kier molecular flexibility index (Phi) is 5.43. The van der Waals surface area contributed by atoms with Crippen LogP contribution in [-0.4, -0.2) is 15.9 Å². The molecule has 4 rings (SSSR count). The molecular weight excluding hydrogens is 358 g/mol. The van der Waals surface area contributed by atoms with Crippen molar-refractivity contribution in [2.75, 3.05) is 5.32 Å². The van der Waals surface area contributed by atoms with E-state index in [4.69, 9.17) is 0 Å². The molecule has 0 radical (unpaired) electrons. The monoisotopic (exact) mass is 383 g/mol. The van der Waals surface area contributed by atoms with Crippen molar-refractivity contribution in [3.05, 3.63) is 83.4 Å². The van der Waals surface area contributed by atoms with Crippen molar-refractivity contribution in [2.45, 2.75) is 33.1 Å². The van der Waals surface area contributed by atoms with Gasteiger partial charge in [0.25, 0.3) is 5.91 Å². The van der Waals surface area contributed by atoms with E-state index in [-0.39, 0.29) is 5.91 Å². The van der Waals surface area contributed by atoms with E-state index in [1.54, 1.807) is 0 Å². The lowest BCUT2D eigenvalue weighted by Gasteiger charge is -2.07. The van der Waals surface area contributed by atoms with Gasteiger partial charge in [-0.3, -0.25) is 4.79 Å². The number of aryl methyl sites for hydroxylation is 2. The molecule has 146 valence electrons. The molecule has 3 aromatic carbocycles. The van der Waals surface area contributed by atoms with Crippen LogP contribution in [0, 0.1) is 6.92 Å². The number of amides is 1. The van der Waals surface area contributed by atoms with E-state index < -0.39 is 0 Å². The molecule has 0 saturated carbocycles. The lowest BCUT2D eigenvalue weighted by atomic mass is 10.1. The molecule has 1 aromatic heterocycles. The SMILES string of the molecule is CCCCc1ccc(NC(=O)c2ccc(-c3nc4ccc(C)cc4[nH]3)cc2)cc1. The number of hydrogen-bond acceptors (Lipinski definition) is 2. The van der Waals surface area contributed by atoms with Gasteiger partial charge in [0.2, 0.25) is 0 Å². The van der Waals surface area contributed by atoms with Crippen molar-refractivity contribution >= 4 is 22.6 Å². The standard InChI is InChI=1S/C25H25N3O/c1-3-4-5-18-7-13-21(14-8-18)26-25(29)20-11-9-19(10-12-20)24-27-22-15-6-17(2)16-23(22)28-24/h6-16H,3-5H2,1-2H3,(H,26,29)(H,27,28). The molecule has 0 atom stereocenters. The maximum atomic E-state index is 12.6. The van der Waals surface area contributed by atoms with Crippen LogP contribution < -0.4 is 5.32 Å². The summed E-state index contributed by atoms with van der Waals surface area (Å²) < 4.78 is 0. The third-order valence-corrected chi connectivity index (χ3v) is 5.09. The molecular formula is C25H25N3O. The fraction of sp³-hybridized carbons (Fsp3) is 0.200. The van der Waals surface area contributed by atoms with Gasteiger partial charge in [-0.05, 0) is 67.3 Å². The van der Waals surface area contributed by atoms with Crippen LogP contribution in [0.25, 0.3) is 22.4 Å². The minimum atomic E-state index is -0.113. The summed E-state index contributed by atoms with van der Waals surface area (Å²) in [5.74, 6) is 0.693. The highest BCUT2D eigenvalue weighted by atomic mass is 16.1.